The van der Waals surface area contributed by atoms with E-state index in [1.54, 1.807) is 0 Å². The van der Waals surface area contributed by atoms with Crippen molar-refractivity contribution in [1.29, 1.82) is 0 Å². The third kappa shape index (κ3) is 2.03. The molecule has 0 radical (unpaired) electrons. The second-order valence-electron chi connectivity index (χ2n) is 4.42. The zero-order valence-electron chi connectivity index (χ0n) is 8.29. The fourth-order valence-corrected chi connectivity index (χ4v) is 2.51. The molecule has 0 saturated carbocycles. The maximum absolute atomic E-state index is 5.96. The van der Waals surface area contributed by atoms with Crippen LogP contribution in [0.4, 0.5) is 0 Å². The number of hydrogen-bond acceptors (Lipinski definition) is 3. The van der Waals surface area contributed by atoms with E-state index < -0.39 is 0 Å². The maximum Gasteiger partial charge on any atom is 0.0743 e. The van der Waals surface area contributed by atoms with Gasteiger partial charge >= 0.3 is 0 Å². The molecule has 13 heavy (non-hydrogen) atoms. The van der Waals surface area contributed by atoms with Crippen LogP contribution in [0.15, 0.2) is 0 Å². The van der Waals surface area contributed by atoms with Gasteiger partial charge < -0.3 is 15.2 Å². The first kappa shape index (κ1) is 9.44. The second-order valence-corrected chi connectivity index (χ2v) is 4.42. The van der Waals surface area contributed by atoms with Crippen LogP contribution < -0.4 is 5.73 Å². The van der Waals surface area contributed by atoms with Gasteiger partial charge in [0.2, 0.25) is 0 Å². The van der Waals surface area contributed by atoms with Crippen LogP contribution in [0, 0.1) is 0 Å². The van der Waals surface area contributed by atoms with Gasteiger partial charge in [0.25, 0.3) is 0 Å². The van der Waals surface area contributed by atoms with Gasteiger partial charge in [0.1, 0.15) is 0 Å². The first-order valence-corrected chi connectivity index (χ1v) is 5.21. The molecule has 2 N–H and O–H groups in total. The molecule has 1 spiro atoms. The normalized spacial score (nSPS) is 46.6. The Hall–Kier alpha value is -0.120. The van der Waals surface area contributed by atoms with E-state index in [-0.39, 0.29) is 5.60 Å². The van der Waals surface area contributed by atoms with Crippen LogP contribution in [-0.2, 0) is 9.47 Å². The van der Waals surface area contributed by atoms with Gasteiger partial charge in [-0.3, -0.25) is 0 Å². The van der Waals surface area contributed by atoms with Crippen LogP contribution in [0.1, 0.15) is 32.6 Å². The topological polar surface area (TPSA) is 44.5 Å². The summed E-state index contributed by atoms with van der Waals surface area (Å²) in [4.78, 5) is 0. The van der Waals surface area contributed by atoms with Gasteiger partial charge in [-0.15, -0.1) is 0 Å². The van der Waals surface area contributed by atoms with Crippen molar-refractivity contribution in [3.05, 3.63) is 0 Å². The molecule has 0 aromatic heterocycles. The zero-order chi connectivity index (χ0) is 9.31. The second kappa shape index (κ2) is 3.56. The van der Waals surface area contributed by atoms with Crippen molar-refractivity contribution in [3.63, 3.8) is 0 Å². The summed E-state index contributed by atoms with van der Waals surface area (Å²) in [6, 6.07) is 0.332. The van der Waals surface area contributed by atoms with Crippen molar-refractivity contribution in [3.8, 4) is 0 Å². The Morgan fingerprint density at radius 2 is 2.15 bits per heavy atom. The molecule has 2 aliphatic rings. The van der Waals surface area contributed by atoms with Gasteiger partial charge in [-0.2, -0.15) is 0 Å². The fraction of sp³-hybridized carbons (Fsp3) is 1.00. The smallest absolute Gasteiger partial charge is 0.0743 e. The molecule has 0 aromatic carbocycles. The average Bonchev–Trinajstić information content (AvgIpc) is 2.02. The summed E-state index contributed by atoms with van der Waals surface area (Å²) in [5, 5.41) is 0. The number of hydrogen-bond donors (Lipinski definition) is 1. The minimum absolute atomic E-state index is 0.0509. The molecule has 0 aliphatic carbocycles. The molecule has 0 amide bonds. The third-order valence-electron chi connectivity index (χ3n) is 3.15. The highest BCUT2D eigenvalue weighted by Crippen LogP contribution is 2.35. The van der Waals surface area contributed by atoms with E-state index in [4.69, 9.17) is 15.2 Å². The molecule has 2 fully saturated rings. The summed E-state index contributed by atoms with van der Waals surface area (Å²) in [7, 11) is 0. The van der Waals surface area contributed by atoms with Crippen molar-refractivity contribution in [2.24, 2.45) is 5.73 Å². The van der Waals surface area contributed by atoms with E-state index >= 15 is 0 Å². The lowest BCUT2D eigenvalue weighted by atomic mass is 9.82. The predicted molar refractivity (Wildman–Crippen MR) is 50.5 cm³/mol. The number of ether oxygens (including phenoxy) is 2. The lowest BCUT2D eigenvalue weighted by molar-refractivity contribution is -0.156. The lowest BCUT2D eigenvalue weighted by Gasteiger charge is -2.44. The van der Waals surface area contributed by atoms with Gasteiger partial charge in [0, 0.05) is 25.7 Å². The monoisotopic (exact) mass is 185 g/mol. The number of rotatable bonds is 0. The highest BCUT2D eigenvalue weighted by molar-refractivity contribution is 4.92. The van der Waals surface area contributed by atoms with E-state index in [0.29, 0.717) is 12.1 Å². The molecule has 3 heteroatoms. The summed E-state index contributed by atoms with van der Waals surface area (Å²) < 4.78 is 11.4. The largest absolute Gasteiger partial charge is 0.378 e. The molecule has 0 aromatic rings. The molecular formula is C10H19NO2. The van der Waals surface area contributed by atoms with Crippen LogP contribution in [0.2, 0.25) is 0 Å². The minimum atomic E-state index is 0.0509. The van der Waals surface area contributed by atoms with Gasteiger partial charge in [0.15, 0.2) is 0 Å². The van der Waals surface area contributed by atoms with Gasteiger partial charge in [-0.05, 0) is 26.2 Å². The fourth-order valence-electron chi connectivity index (χ4n) is 2.51. The molecule has 3 atom stereocenters. The van der Waals surface area contributed by atoms with Crippen LogP contribution >= 0.6 is 0 Å². The van der Waals surface area contributed by atoms with E-state index in [1.807, 2.05) is 0 Å². The van der Waals surface area contributed by atoms with Crippen molar-refractivity contribution in [1.82, 2.24) is 0 Å². The van der Waals surface area contributed by atoms with Gasteiger partial charge in [0.05, 0.1) is 11.7 Å². The van der Waals surface area contributed by atoms with Crippen molar-refractivity contribution in [2.75, 3.05) is 13.2 Å². The summed E-state index contributed by atoms with van der Waals surface area (Å²) in [6.45, 7) is 3.77. The van der Waals surface area contributed by atoms with Gasteiger partial charge in [-0.1, -0.05) is 0 Å². The highest BCUT2D eigenvalue weighted by atomic mass is 16.5. The molecule has 2 heterocycles. The molecule has 2 saturated heterocycles. The molecule has 2 aliphatic heterocycles. The zero-order valence-corrected chi connectivity index (χ0v) is 8.29. The van der Waals surface area contributed by atoms with Crippen molar-refractivity contribution < 1.29 is 9.47 Å². The van der Waals surface area contributed by atoms with E-state index in [1.165, 1.54) is 0 Å². The first-order valence-electron chi connectivity index (χ1n) is 5.21. The highest BCUT2D eigenvalue weighted by Gasteiger charge is 2.40. The first-order chi connectivity index (χ1) is 6.20. The van der Waals surface area contributed by atoms with E-state index in [2.05, 4.69) is 6.92 Å². The Balaban J connectivity index is 2.00. The summed E-state index contributed by atoms with van der Waals surface area (Å²) in [6.07, 6.45) is 4.39. The molecule has 76 valence electrons. The van der Waals surface area contributed by atoms with Crippen LogP contribution in [-0.4, -0.2) is 31.0 Å². The number of nitrogens with two attached hydrogens (primary N) is 1. The Labute approximate surface area is 79.6 Å². The van der Waals surface area contributed by atoms with E-state index in [9.17, 15) is 0 Å². The molecular weight excluding hydrogens is 166 g/mol. The molecule has 2 rings (SSSR count). The van der Waals surface area contributed by atoms with Crippen LogP contribution in [0.5, 0.6) is 0 Å². The standard InChI is InChI=1S/C10H19NO2/c1-8-6-10(3-5-12-8)7-9(11)2-4-13-10/h8-9H,2-7,11H2,1H3. The van der Waals surface area contributed by atoms with Crippen molar-refractivity contribution >= 4 is 0 Å². The predicted octanol–water partition coefficient (Wildman–Crippen LogP) is 1.06. The van der Waals surface area contributed by atoms with Crippen LogP contribution in [0.3, 0.4) is 0 Å². The van der Waals surface area contributed by atoms with Gasteiger partial charge in [-0.25, -0.2) is 0 Å². The SMILES string of the molecule is CC1CC2(CCO1)CC(N)CCO2. The average molecular weight is 185 g/mol. The Bertz CT molecular complexity index is 164. The molecule has 3 nitrogen and oxygen atoms in total. The minimum Gasteiger partial charge on any atom is -0.378 e. The molecule has 3 unspecified atom stereocenters. The van der Waals surface area contributed by atoms with E-state index in [0.717, 1.165) is 38.9 Å². The summed E-state index contributed by atoms with van der Waals surface area (Å²) >= 11 is 0. The van der Waals surface area contributed by atoms with Crippen molar-refractivity contribution in [2.45, 2.75) is 50.4 Å². The third-order valence-corrected chi connectivity index (χ3v) is 3.15. The Morgan fingerprint density at radius 1 is 1.31 bits per heavy atom. The lowest BCUT2D eigenvalue weighted by Crippen LogP contribution is -2.50. The Morgan fingerprint density at radius 3 is 2.85 bits per heavy atom. The summed E-state index contributed by atoms with van der Waals surface area (Å²) in [5.41, 5.74) is 6.02. The Kier molecular flexibility index (Phi) is 2.58. The quantitative estimate of drug-likeness (QED) is 0.613. The maximum atomic E-state index is 5.96. The molecule has 0 bridgehead atoms. The van der Waals surface area contributed by atoms with Crippen LogP contribution in [0.25, 0.3) is 0 Å². The summed E-state index contributed by atoms with van der Waals surface area (Å²) in [5.74, 6) is 0.